The van der Waals surface area contributed by atoms with Gasteiger partial charge in [-0.15, -0.1) is 0 Å². The Morgan fingerprint density at radius 3 is 3.00 bits per heavy atom. The van der Waals surface area contributed by atoms with Crippen LogP contribution >= 0.6 is 0 Å². The van der Waals surface area contributed by atoms with Crippen LogP contribution in [0.25, 0.3) is 0 Å². The molecule has 1 aromatic heterocycles. The van der Waals surface area contributed by atoms with Crippen LogP contribution in [0.1, 0.15) is 24.2 Å². The van der Waals surface area contributed by atoms with Crippen LogP contribution < -0.4 is 5.32 Å². The van der Waals surface area contributed by atoms with E-state index in [1.165, 1.54) is 12.4 Å². The van der Waals surface area contributed by atoms with Crippen molar-refractivity contribution >= 4 is 5.69 Å². The number of aromatic nitrogens is 3. The van der Waals surface area contributed by atoms with E-state index < -0.39 is 10.7 Å². The monoisotopic (exact) mass is 291 g/mol. The molecule has 7 nitrogen and oxygen atoms in total. The smallest absolute Gasteiger partial charge is 0.274 e. The molecule has 1 aromatic carbocycles. The Morgan fingerprint density at radius 2 is 2.29 bits per heavy atom. The van der Waals surface area contributed by atoms with E-state index in [2.05, 4.69) is 15.4 Å². The fourth-order valence-electron chi connectivity index (χ4n) is 2.10. The second-order valence-electron chi connectivity index (χ2n) is 5.02. The molecule has 1 aliphatic rings. The van der Waals surface area contributed by atoms with E-state index in [-0.39, 0.29) is 17.8 Å². The largest absolute Gasteiger partial charge is 0.307 e. The highest BCUT2D eigenvalue weighted by atomic mass is 19.1. The van der Waals surface area contributed by atoms with Crippen LogP contribution in [0, 0.1) is 15.9 Å². The van der Waals surface area contributed by atoms with E-state index in [1.807, 2.05) is 0 Å². The third-order valence-corrected chi connectivity index (χ3v) is 3.38. The van der Waals surface area contributed by atoms with Crippen LogP contribution in [0.4, 0.5) is 10.1 Å². The Labute approximate surface area is 120 Å². The highest BCUT2D eigenvalue weighted by Crippen LogP contribution is 2.21. The van der Waals surface area contributed by atoms with Gasteiger partial charge in [-0.1, -0.05) is 0 Å². The van der Waals surface area contributed by atoms with Gasteiger partial charge in [-0.3, -0.25) is 10.1 Å². The predicted octanol–water partition coefficient (Wildman–Crippen LogP) is 1.63. The van der Waals surface area contributed by atoms with Gasteiger partial charge in [0.15, 0.2) is 0 Å². The van der Waals surface area contributed by atoms with Crippen molar-refractivity contribution in [1.82, 2.24) is 20.1 Å². The molecule has 1 saturated carbocycles. The van der Waals surface area contributed by atoms with E-state index >= 15 is 0 Å². The molecule has 3 rings (SSSR count). The highest BCUT2D eigenvalue weighted by molar-refractivity contribution is 5.40. The van der Waals surface area contributed by atoms with Crippen molar-refractivity contribution in [2.24, 2.45) is 0 Å². The molecule has 21 heavy (non-hydrogen) atoms. The summed E-state index contributed by atoms with van der Waals surface area (Å²) in [4.78, 5) is 14.6. The van der Waals surface area contributed by atoms with Crippen molar-refractivity contribution in [3.05, 3.63) is 51.8 Å². The number of hydrogen-bond acceptors (Lipinski definition) is 5. The van der Waals surface area contributed by atoms with Crippen molar-refractivity contribution in [2.75, 3.05) is 0 Å². The maximum atomic E-state index is 13.3. The number of rotatable bonds is 6. The molecule has 0 radical (unpaired) electrons. The van der Waals surface area contributed by atoms with Gasteiger partial charge in [-0.2, -0.15) is 5.10 Å². The molecule has 1 fully saturated rings. The van der Waals surface area contributed by atoms with Gasteiger partial charge < -0.3 is 5.32 Å². The highest BCUT2D eigenvalue weighted by Gasteiger charge is 2.21. The van der Waals surface area contributed by atoms with E-state index in [0.29, 0.717) is 18.4 Å². The van der Waals surface area contributed by atoms with Crippen LogP contribution in [0.2, 0.25) is 0 Å². The topological polar surface area (TPSA) is 85.9 Å². The molecular weight excluding hydrogens is 277 g/mol. The van der Waals surface area contributed by atoms with Gasteiger partial charge in [0, 0.05) is 12.1 Å². The van der Waals surface area contributed by atoms with Crippen molar-refractivity contribution in [1.29, 1.82) is 0 Å². The van der Waals surface area contributed by atoms with Crippen LogP contribution in [-0.2, 0) is 13.1 Å². The van der Waals surface area contributed by atoms with E-state index in [9.17, 15) is 14.5 Å². The van der Waals surface area contributed by atoms with Gasteiger partial charge in [0.2, 0.25) is 0 Å². The summed E-state index contributed by atoms with van der Waals surface area (Å²) >= 11 is 0. The molecule has 0 aliphatic heterocycles. The minimum atomic E-state index is -0.520. The zero-order valence-corrected chi connectivity index (χ0v) is 11.2. The number of nitrogens with zero attached hydrogens (tertiary/aromatic N) is 4. The number of nitro groups is 1. The van der Waals surface area contributed by atoms with Crippen LogP contribution in [0.15, 0.2) is 24.5 Å². The van der Waals surface area contributed by atoms with Gasteiger partial charge in [-0.25, -0.2) is 14.1 Å². The quantitative estimate of drug-likeness (QED) is 0.645. The average molecular weight is 291 g/mol. The molecule has 1 aliphatic carbocycles. The predicted molar refractivity (Wildman–Crippen MR) is 72.0 cm³/mol. The third-order valence-electron chi connectivity index (χ3n) is 3.38. The fraction of sp³-hybridized carbons (Fsp3) is 0.385. The summed E-state index contributed by atoms with van der Waals surface area (Å²) in [6, 6.07) is 3.94. The standard InChI is InChI=1S/C13H14FN5O2/c14-10-1-4-12(19(20)21)9(5-10)7-18-13(16-8-17-18)6-15-11-2-3-11/h1,4-5,8,11,15H,2-3,6-7H2. The SMILES string of the molecule is O=[N+]([O-])c1ccc(F)cc1Cn1ncnc1CNC1CC1. The summed E-state index contributed by atoms with van der Waals surface area (Å²) in [6.45, 7) is 0.670. The van der Waals surface area contributed by atoms with Crippen molar-refractivity contribution in [3.63, 3.8) is 0 Å². The van der Waals surface area contributed by atoms with Gasteiger partial charge in [0.05, 0.1) is 23.6 Å². The van der Waals surface area contributed by atoms with Gasteiger partial charge in [-0.05, 0) is 25.0 Å². The average Bonchev–Trinajstić information content (AvgIpc) is 3.17. The molecule has 0 atom stereocenters. The first-order chi connectivity index (χ1) is 10.1. The Kier molecular flexibility index (Phi) is 3.61. The Balaban J connectivity index is 1.81. The van der Waals surface area contributed by atoms with Crippen LogP contribution in [-0.4, -0.2) is 25.7 Å². The fourth-order valence-corrected chi connectivity index (χ4v) is 2.10. The Bertz CT molecular complexity index is 668. The molecule has 0 saturated heterocycles. The molecule has 0 unspecified atom stereocenters. The summed E-state index contributed by atoms with van der Waals surface area (Å²) in [7, 11) is 0. The molecule has 8 heteroatoms. The van der Waals surface area contributed by atoms with E-state index in [4.69, 9.17) is 0 Å². The van der Waals surface area contributed by atoms with Crippen molar-refractivity contribution < 1.29 is 9.31 Å². The lowest BCUT2D eigenvalue weighted by atomic mass is 10.1. The Morgan fingerprint density at radius 1 is 1.48 bits per heavy atom. The molecule has 0 bridgehead atoms. The third kappa shape index (κ3) is 3.22. The summed E-state index contributed by atoms with van der Waals surface area (Å²) in [6.07, 6.45) is 3.71. The number of hydrogen-bond donors (Lipinski definition) is 1. The number of benzene rings is 1. The number of halogens is 1. The number of nitrogens with one attached hydrogen (secondary N) is 1. The normalized spacial score (nSPS) is 14.3. The summed E-state index contributed by atoms with van der Waals surface area (Å²) < 4.78 is 14.9. The summed E-state index contributed by atoms with van der Waals surface area (Å²) in [5.41, 5.74) is 0.158. The second-order valence-corrected chi connectivity index (χ2v) is 5.02. The van der Waals surface area contributed by atoms with Gasteiger partial charge in [0.1, 0.15) is 18.0 Å². The second kappa shape index (κ2) is 5.57. The maximum absolute atomic E-state index is 13.3. The molecule has 0 spiro atoms. The molecule has 0 amide bonds. The molecule has 1 N–H and O–H groups in total. The van der Waals surface area contributed by atoms with E-state index in [1.54, 1.807) is 4.68 Å². The minimum Gasteiger partial charge on any atom is -0.307 e. The molecule has 2 aromatic rings. The minimum absolute atomic E-state index is 0.118. The summed E-state index contributed by atoms with van der Waals surface area (Å²) in [5, 5.41) is 18.4. The Hall–Kier alpha value is -2.35. The lowest BCUT2D eigenvalue weighted by Gasteiger charge is -2.07. The van der Waals surface area contributed by atoms with Crippen LogP contribution in [0.3, 0.4) is 0 Å². The maximum Gasteiger partial charge on any atom is 0.274 e. The summed E-state index contributed by atoms with van der Waals surface area (Å²) in [5.74, 6) is 0.175. The zero-order chi connectivity index (χ0) is 14.8. The van der Waals surface area contributed by atoms with Crippen molar-refractivity contribution in [2.45, 2.75) is 32.0 Å². The zero-order valence-electron chi connectivity index (χ0n) is 11.2. The molecule has 110 valence electrons. The lowest BCUT2D eigenvalue weighted by Crippen LogP contribution is -2.20. The van der Waals surface area contributed by atoms with E-state index in [0.717, 1.165) is 25.0 Å². The first-order valence-corrected chi connectivity index (χ1v) is 6.66. The van der Waals surface area contributed by atoms with Gasteiger partial charge in [0.25, 0.3) is 5.69 Å². The molecular formula is C13H14FN5O2. The first-order valence-electron chi connectivity index (χ1n) is 6.66. The van der Waals surface area contributed by atoms with Crippen molar-refractivity contribution in [3.8, 4) is 0 Å². The van der Waals surface area contributed by atoms with Gasteiger partial charge >= 0.3 is 0 Å². The first kappa shape index (κ1) is 13.6. The molecule has 1 heterocycles. The van der Waals surface area contributed by atoms with Crippen LogP contribution in [0.5, 0.6) is 0 Å². The lowest BCUT2D eigenvalue weighted by molar-refractivity contribution is -0.385. The number of nitro benzene ring substituents is 1.